The number of anilines is 1. The minimum atomic E-state index is -0.893. The van der Waals surface area contributed by atoms with Crippen molar-refractivity contribution in [2.75, 3.05) is 11.1 Å². The predicted octanol–water partition coefficient (Wildman–Crippen LogP) is 6.97. The molecule has 36 heavy (non-hydrogen) atoms. The van der Waals surface area contributed by atoms with E-state index >= 15 is 0 Å². The van der Waals surface area contributed by atoms with Gasteiger partial charge < -0.3 is 10.4 Å². The second-order valence-corrected chi connectivity index (χ2v) is 10.8. The summed E-state index contributed by atoms with van der Waals surface area (Å²) in [6, 6.07) is 30.1. The van der Waals surface area contributed by atoms with E-state index in [4.69, 9.17) is 4.99 Å². The van der Waals surface area contributed by atoms with Gasteiger partial charge in [-0.15, -0.1) is 11.8 Å². The van der Waals surface area contributed by atoms with Gasteiger partial charge >= 0.3 is 5.97 Å². The Balaban J connectivity index is 1.94. The fraction of sp³-hybridized carbons (Fsp3) is 0.200. The van der Waals surface area contributed by atoms with Gasteiger partial charge in [0.25, 0.3) is 0 Å². The number of aliphatic carboxylic acids is 1. The maximum absolute atomic E-state index is 11.8. The average Bonchev–Trinajstić information content (AvgIpc) is 3.48. The molecule has 5 rings (SSSR count). The van der Waals surface area contributed by atoms with Crippen molar-refractivity contribution >= 4 is 28.6 Å². The Labute approximate surface area is 215 Å². The van der Waals surface area contributed by atoms with Crippen LogP contribution in [0.3, 0.4) is 0 Å². The minimum absolute atomic E-state index is 0.228. The molecule has 3 aromatic carbocycles. The Kier molecular flexibility index (Phi) is 6.46. The number of nitrogens with one attached hydrogen (secondary N) is 1. The van der Waals surface area contributed by atoms with Crippen LogP contribution in [0.25, 0.3) is 28.1 Å². The van der Waals surface area contributed by atoms with Crippen molar-refractivity contribution in [1.29, 1.82) is 0 Å². The van der Waals surface area contributed by atoms with Crippen molar-refractivity contribution in [2.24, 2.45) is 4.99 Å². The third-order valence-corrected chi connectivity index (χ3v) is 7.00. The number of carboxylic acids is 1. The van der Waals surface area contributed by atoms with Crippen molar-refractivity contribution < 1.29 is 9.90 Å². The van der Waals surface area contributed by atoms with Crippen LogP contribution in [0.4, 0.5) is 5.82 Å². The molecule has 0 aliphatic carbocycles. The summed E-state index contributed by atoms with van der Waals surface area (Å²) in [5.74, 6) is 0.484. The molecule has 0 fully saturated rings. The molecule has 6 heteroatoms. The highest BCUT2D eigenvalue weighted by Gasteiger charge is 2.34. The average molecular weight is 496 g/mol. The molecule has 182 valence electrons. The van der Waals surface area contributed by atoms with Gasteiger partial charge in [-0.2, -0.15) is 0 Å². The van der Waals surface area contributed by atoms with Gasteiger partial charge in [0.05, 0.1) is 5.69 Å². The van der Waals surface area contributed by atoms with E-state index in [1.165, 1.54) is 11.8 Å². The van der Waals surface area contributed by atoms with E-state index in [1.807, 2.05) is 54.6 Å². The standard InChI is InChI=1S/C30H29N3O2S/c1-30(2,3)32-27-24(20-13-7-4-8-14-20)25(28-31-23(19-36-28)29(34)35)26(21-15-9-5-10-16-21)33(27)22-17-11-6-12-18-22/h4-18,23,32H,19H2,1-3H3,(H,34,35). The zero-order valence-electron chi connectivity index (χ0n) is 20.6. The molecule has 0 bridgehead atoms. The number of hydrogen-bond acceptors (Lipinski definition) is 4. The quantitative estimate of drug-likeness (QED) is 0.303. The fourth-order valence-corrected chi connectivity index (χ4v) is 5.56. The highest BCUT2D eigenvalue weighted by Crippen LogP contribution is 2.46. The molecule has 0 saturated heterocycles. The van der Waals surface area contributed by atoms with E-state index in [9.17, 15) is 9.90 Å². The number of carboxylic acid groups (broad SMARTS) is 1. The highest BCUT2D eigenvalue weighted by molar-refractivity contribution is 8.14. The van der Waals surface area contributed by atoms with Crippen molar-refractivity contribution in [3.63, 3.8) is 0 Å². The monoisotopic (exact) mass is 495 g/mol. The smallest absolute Gasteiger partial charge is 0.329 e. The lowest BCUT2D eigenvalue weighted by molar-refractivity contribution is -0.137. The Hall–Kier alpha value is -3.77. The zero-order chi connectivity index (χ0) is 25.3. The summed E-state index contributed by atoms with van der Waals surface area (Å²) in [7, 11) is 0. The number of rotatable bonds is 6. The van der Waals surface area contributed by atoms with Gasteiger partial charge in [0, 0.05) is 28.1 Å². The van der Waals surface area contributed by atoms with Gasteiger partial charge in [0.15, 0.2) is 6.04 Å². The molecule has 1 aliphatic heterocycles. The van der Waals surface area contributed by atoms with E-state index in [0.717, 1.165) is 44.5 Å². The van der Waals surface area contributed by atoms with Crippen LogP contribution in [0.2, 0.25) is 0 Å². The van der Waals surface area contributed by atoms with Gasteiger partial charge in [0.2, 0.25) is 0 Å². The van der Waals surface area contributed by atoms with Crippen molar-refractivity contribution in [2.45, 2.75) is 32.4 Å². The van der Waals surface area contributed by atoms with Crippen LogP contribution in [0.5, 0.6) is 0 Å². The van der Waals surface area contributed by atoms with Crippen LogP contribution in [0.1, 0.15) is 26.3 Å². The van der Waals surface area contributed by atoms with Crippen LogP contribution in [0, 0.1) is 0 Å². The highest BCUT2D eigenvalue weighted by atomic mass is 32.2. The summed E-state index contributed by atoms with van der Waals surface area (Å²) < 4.78 is 2.26. The Bertz CT molecular complexity index is 1410. The first-order valence-corrected chi connectivity index (χ1v) is 13.0. The molecular weight excluding hydrogens is 466 g/mol. The first-order valence-electron chi connectivity index (χ1n) is 12.0. The van der Waals surface area contributed by atoms with E-state index in [-0.39, 0.29) is 5.54 Å². The van der Waals surface area contributed by atoms with E-state index < -0.39 is 12.0 Å². The summed E-state index contributed by atoms with van der Waals surface area (Å²) in [5, 5.41) is 14.2. The lowest BCUT2D eigenvalue weighted by atomic mass is 9.99. The molecule has 4 aromatic rings. The van der Waals surface area contributed by atoms with Gasteiger partial charge in [-0.1, -0.05) is 78.9 Å². The summed E-state index contributed by atoms with van der Waals surface area (Å²) >= 11 is 1.51. The number of aromatic nitrogens is 1. The summed E-state index contributed by atoms with van der Waals surface area (Å²) in [6.07, 6.45) is 0. The van der Waals surface area contributed by atoms with E-state index in [1.54, 1.807) is 0 Å². The lowest BCUT2D eigenvalue weighted by Crippen LogP contribution is -2.28. The zero-order valence-corrected chi connectivity index (χ0v) is 21.4. The van der Waals surface area contributed by atoms with Crippen LogP contribution in [-0.4, -0.2) is 38.0 Å². The summed E-state index contributed by atoms with van der Waals surface area (Å²) in [4.78, 5) is 16.5. The van der Waals surface area contributed by atoms with Crippen LogP contribution in [0.15, 0.2) is 96.0 Å². The number of aliphatic imine (C=N–C) groups is 1. The molecular formula is C30H29N3O2S. The number of thioether (sulfide) groups is 1. The summed E-state index contributed by atoms with van der Waals surface area (Å²) in [6.45, 7) is 6.44. The number of hydrogen-bond donors (Lipinski definition) is 2. The Morgan fingerprint density at radius 2 is 1.44 bits per heavy atom. The largest absolute Gasteiger partial charge is 0.480 e. The topological polar surface area (TPSA) is 66.6 Å². The van der Waals surface area contributed by atoms with Gasteiger partial charge in [0.1, 0.15) is 10.9 Å². The van der Waals surface area contributed by atoms with Crippen LogP contribution in [-0.2, 0) is 4.79 Å². The number of benzene rings is 3. The van der Waals surface area contributed by atoms with Crippen LogP contribution < -0.4 is 5.32 Å². The molecule has 1 unspecified atom stereocenters. The maximum Gasteiger partial charge on any atom is 0.329 e. The molecule has 5 nitrogen and oxygen atoms in total. The molecule has 0 saturated carbocycles. The number of carbonyl (C=O) groups is 1. The van der Waals surface area contributed by atoms with E-state index in [2.05, 4.69) is 67.1 Å². The Morgan fingerprint density at radius 1 is 0.889 bits per heavy atom. The normalized spacial score (nSPS) is 15.5. The molecule has 0 spiro atoms. The van der Waals surface area contributed by atoms with Crippen molar-refractivity contribution in [3.05, 3.63) is 96.6 Å². The first kappa shape index (κ1) is 23.9. The van der Waals surface area contributed by atoms with Gasteiger partial charge in [-0.3, -0.25) is 9.56 Å². The molecule has 2 heterocycles. The molecule has 1 atom stereocenters. The maximum atomic E-state index is 11.8. The van der Waals surface area contributed by atoms with E-state index in [0.29, 0.717) is 5.75 Å². The van der Waals surface area contributed by atoms with Gasteiger partial charge in [-0.25, -0.2) is 4.79 Å². The van der Waals surface area contributed by atoms with Crippen molar-refractivity contribution in [1.82, 2.24) is 4.57 Å². The predicted molar refractivity (Wildman–Crippen MR) is 150 cm³/mol. The molecule has 2 N–H and O–H groups in total. The van der Waals surface area contributed by atoms with Gasteiger partial charge in [-0.05, 0) is 44.0 Å². The third-order valence-electron chi connectivity index (χ3n) is 5.94. The molecule has 0 radical (unpaired) electrons. The number of para-hydroxylation sites is 1. The SMILES string of the molecule is CC(C)(C)Nc1c(-c2ccccc2)c(C2=NC(C(=O)O)CS2)c(-c2ccccc2)n1-c1ccccc1. The lowest BCUT2D eigenvalue weighted by Gasteiger charge is -2.25. The first-order chi connectivity index (χ1) is 17.3. The van der Waals surface area contributed by atoms with Crippen molar-refractivity contribution in [3.8, 4) is 28.1 Å². The molecule has 0 amide bonds. The number of nitrogens with zero attached hydrogens (tertiary/aromatic N) is 2. The molecule has 1 aliphatic rings. The second kappa shape index (κ2) is 9.70. The second-order valence-electron chi connectivity index (χ2n) is 9.82. The summed E-state index contributed by atoms with van der Waals surface area (Å²) in [5.41, 5.74) is 5.84. The fourth-order valence-electron chi connectivity index (χ4n) is 4.48. The van der Waals surface area contributed by atoms with Crippen LogP contribution >= 0.6 is 11.8 Å². The third kappa shape index (κ3) is 4.69. The Morgan fingerprint density at radius 3 is 1.97 bits per heavy atom. The minimum Gasteiger partial charge on any atom is -0.480 e. The molecule has 1 aromatic heterocycles.